The highest BCUT2D eigenvalue weighted by molar-refractivity contribution is 5.10. The minimum Gasteiger partial charge on any atom is -0.396 e. The van der Waals surface area contributed by atoms with Gasteiger partial charge in [-0.15, -0.1) is 0 Å². The van der Waals surface area contributed by atoms with Crippen LogP contribution < -0.4 is 0 Å². The Morgan fingerprint density at radius 3 is 1.53 bits per heavy atom. The van der Waals surface area contributed by atoms with Crippen LogP contribution in [0.4, 0.5) is 0 Å². The molecule has 0 aromatic rings. The molecule has 4 unspecified atom stereocenters. The molecule has 0 bridgehead atoms. The largest absolute Gasteiger partial charge is 0.396 e. The summed E-state index contributed by atoms with van der Waals surface area (Å²) in [5.41, 5.74) is 0. The Labute approximate surface area is 239 Å². The lowest BCUT2D eigenvalue weighted by Gasteiger charge is -2.39. The highest BCUT2D eigenvalue weighted by Gasteiger charge is 2.33. The van der Waals surface area contributed by atoms with Crippen molar-refractivity contribution in [2.24, 2.45) is 23.7 Å². The van der Waals surface area contributed by atoms with Gasteiger partial charge in [-0.3, -0.25) is 0 Å². The average molecular weight is 533 g/mol. The number of rotatable bonds is 27. The first-order valence-electron chi connectivity index (χ1n) is 17.3. The van der Waals surface area contributed by atoms with E-state index >= 15 is 0 Å². The minimum absolute atomic E-state index is 0.354. The summed E-state index contributed by atoms with van der Waals surface area (Å²) in [6, 6.07) is 0. The van der Waals surface area contributed by atoms with E-state index in [1.54, 1.807) is 0 Å². The number of unbranched alkanes of at least 4 members (excludes halogenated alkanes) is 17. The Bertz CT molecular complexity index is 539. The van der Waals surface area contributed by atoms with Gasteiger partial charge in [0.1, 0.15) is 0 Å². The van der Waals surface area contributed by atoms with E-state index in [1.807, 2.05) is 0 Å². The third kappa shape index (κ3) is 17.9. The number of allylic oxidation sites excluding steroid dienone is 4. The second-order valence-electron chi connectivity index (χ2n) is 12.3. The molecular weight excluding hydrogens is 464 g/mol. The standard InChI is InChI=1S/C36H68O2/c1-3-5-7-14-21-27-35-33(25-19-6-4-2)29-30-34(26-20-15-10-8-12-17-23-31-37)36(35)28-22-16-11-9-13-18-24-32-38/h21,27,29-30,33-38H,3-20,22-26,28,31-32H2,1-2H3/b27-21+. The van der Waals surface area contributed by atoms with Gasteiger partial charge in [-0.1, -0.05) is 147 Å². The molecule has 0 aromatic carbocycles. The fourth-order valence-electron chi connectivity index (χ4n) is 6.60. The molecule has 0 aromatic heterocycles. The lowest BCUT2D eigenvalue weighted by molar-refractivity contribution is 0.196. The van der Waals surface area contributed by atoms with Crippen LogP contribution in [0.15, 0.2) is 24.3 Å². The first-order valence-corrected chi connectivity index (χ1v) is 17.3. The topological polar surface area (TPSA) is 40.5 Å². The molecule has 0 saturated heterocycles. The van der Waals surface area contributed by atoms with Gasteiger partial charge in [0, 0.05) is 13.2 Å². The molecule has 1 rings (SSSR count). The van der Waals surface area contributed by atoms with Crippen molar-refractivity contribution in [2.75, 3.05) is 13.2 Å². The summed E-state index contributed by atoms with van der Waals surface area (Å²) < 4.78 is 0. The van der Waals surface area contributed by atoms with E-state index in [1.165, 1.54) is 141 Å². The number of hydrogen-bond donors (Lipinski definition) is 2. The van der Waals surface area contributed by atoms with Crippen molar-refractivity contribution in [2.45, 2.75) is 168 Å². The van der Waals surface area contributed by atoms with Crippen molar-refractivity contribution in [3.05, 3.63) is 24.3 Å². The zero-order valence-corrected chi connectivity index (χ0v) is 25.9. The van der Waals surface area contributed by atoms with Gasteiger partial charge in [0.15, 0.2) is 0 Å². The molecule has 2 nitrogen and oxygen atoms in total. The van der Waals surface area contributed by atoms with E-state index in [0.29, 0.717) is 13.2 Å². The maximum Gasteiger partial charge on any atom is 0.0431 e. The van der Waals surface area contributed by atoms with Crippen LogP contribution in [0.2, 0.25) is 0 Å². The average Bonchev–Trinajstić information content (AvgIpc) is 2.93. The molecule has 0 heterocycles. The number of hydrogen-bond acceptors (Lipinski definition) is 2. The molecule has 0 amide bonds. The molecule has 0 fully saturated rings. The van der Waals surface area contributed by atoms with Crippen LogP contribution in [-0.4, -0.2) is 23.4 Å². The zero-order chi connectivity index (χ0) is 27.5. The lowest BCUT2D eigenvalue weighted by Crippen LogP contribution is -2.30. The molecular formula is C36H68O2. The molecule has 38 heavy (non-hydrogen) atoms. The van der Waals surface area contributed by atoms with Gasteiger partial charge >= 0.3 is 0 Å². The van der Waals surface area contributed by atoms with Crippen molar-refractivity contribution < 1.29 is 10.2 Å². The normalized spacial score (nSPS) is 21.6. The summed E-state index contributed by atoms with van der Waals surface area (Å²) in [4.78, 5) is 0. The Morgan fingerprint density at radius 1 is 0.500 bits per heavy atom. The van der Waals surface area contributed by atoms with Crippen molar-refractivity contribution in [3.63, 3.8) is 0 Å². The van der Waals surface area contributed by atoms with Crippen molar-refractivity contribution in [3.8, 4) is 0 Å². The molecule has 2 heteroatoms. The maximum atomic E-state index is 9.01. The first-order chi connectivity index (χ1) is 18.8. The van der Waals surface area contributed by atoms with Gasteiger partial charge in [0.05, 0.1) is 0 Å². The number of aliphatic hydroxyl groups excluding tert-OH is 2. The van der Waals surface area contributed by atoms with Gasteiger partial charge in [-0.05, 0) is 68.6 Å². The monoisotopic (exact) mass is 533 g/mol. The van der Waals surface area contributed by atoms with Crippen LogP contribution >= 0.6 is 0 Å². The predicted molar refractivity (Wildman–Crippen MR) is 169 cm³/mol. The summed E-state index contributed by atoms with van der Waals surface area (Å²) in [5, 5.41) is 18.0. The van der Waals surface area contributed by atoms with E-state index in [-0.39, 0.29) is 0 Å². The summed E-state index contributed by atoms with van der Waals surface area (Å²) in [6.07, 6.45) is 41.9. The molecule has 224 valence electrons. The van der Waals surface area contributed by atoms with Crippen LogP contribution in [0.3, 0.4) is 0 Å². The van der Waals surface area contributed by atoms with Crippen LogP contribution in [0.5, 0.6) is 0 Å². The van der Waals surface area contributed by atoms with Crippen molar-refractivity contribution in [1.82, 2.24) is 0 Å². The Hall–Kier alpha value is -0.600. The van der Waals surface area contributed by atoms with Crippen LogP contribution in [0.25, 0.3) is 0 Å². The fourth-order valence-corrected chi connectivity index (χ4v) is 6.60. The third-order valence-electron chi connectivity index (χ3n) is 9.01. The first kappa shape index (κ1) is 35.4. The van der Waals surface area contributed by atoms with Gasteiger partial charge in [0.2, 0.25) is 0 Å². The second-order valence-corrected chi connectivity index (χ2v) is 12.3. The molecule has 1 aliphatic rings. The lowest BCUT2D eigenvalue weighted by atomic mass is 9.66. The Balaban J connectivity index is 2.72. The fraction of sp³-hybridized carbons (Fsp3) is 0.889. The van der Waals surface area contributed by atoms with E-state index in [0.717, 1.165) is 36.5 Å². The maximum absolute atomic E-state index is 9.01. The molecule has 2 N–H and O–H groups in total. The Morgan fingerprint density at radius 2 is 0.947 bits per heavy atom. The predicted octanol–water partition coefficient (Wildman–Crippen LogP) is 11.0. The van der Waals surface area contributed by atoms with Gasteiger partial charge in [-0.25, -0.2) is 0 Å². The quantitative estimate of drug-likeness (QED) is 0.0815. The van der Waals surface area contributed by atoms with Gasteiger partial charge in [0.25, 0.3) is 0 Å². The Kier molecular flexibility index (Phi) is 24.8. The van der Waals surface area contributed by atoms with Crippen molar-refractivity contribution in [1.29, 1.82) is 0 Å². The summed E-state index contributed by atoms with van der Waals surface area (Å²) in [7, 11) is 0. The van der Waals surface area contributed by atoms with Crippen LogP contribution in [-0.2, 0) is 0 Å². The summed E-state index contributed by atoms with van der Waals surface area (Å²) >= 11 is 0. The highest BCUT2D eigenvalue weighted by atomic mass is 16.3. The van der Waals surface area contributed by atoms with Crippen LogP contribution in [0.1, 0.15) is 168 Å². The summed E-state index contributed by atoms with van der Waals surface area (Å²) in [6.45, 7) is 5.35. The SMILES string of the molecule is CCCCC/C=C/C1C(CCCCC)C=CC(CCCCCCCCCO)C1CCCCCCCCCO. The second kappa shape index (κ2) is 26.6. The van der Waals surface area contributed by atoms with Crippen molar-refractivity contribution >= 4 is 0 Å². The summed E-state index contributed by atoms with van der Waals surface area (Å²) in [5.74, 6) is 3.08. The van der Waals surface area contributed by atoms with E-state index in [4.69, 9.17) is 10.2 Å². The smallest absolute Gasteiger partial charge is 0.0431 e. The van der Waals surface area contributed by atoms with E-state index < -0.39 is 0 Å². The number of aliphatic hydroxyl groups is 2. The molecule has 1 aliphatic carbocycles. The third-order valence-corrected chi connectivity index (χ3v) is 9.01. The van der Waals surface area contributed by atoms with Gasteiger partial charge < -0.3 is 10.2 Å². The van der Waals surface area contributed by atoms with Gasteiger partial charge in [-0.2, -0.15) is 0 Å². The van der Waals surface area contributed by atoms with Crippen LogP contribution in [0, 0.1) is 23.7 Å². The molecule has 0 spiro atoms. The minimum atomic E-state index is 0.354. The highest BCUT2D eigenvalue weighted by Crippen LogP contribution is 2.43. The zero-order valence-electron chi connectivity index (χ0n) is 25.9. The molecule has 0 radical (unpaired) electrons. The van der Waals surface area contributed by atoms with E-state index in [9.17, 15) is 0 Å². The molecule has 0 aliphatic heterocycles. The van der Waals surface area contributed by atoms with E-state index in [2.05, 4.69) is 38.2 Å². The molecule has 0 saturated carbocycles. The molecule has 4 atom stereocenters.